The number of ether oxygens (including phenoxy) is 2. The normalized spacial score (nSPS) is 9.77. The molecule has 0 aromatic heterocycles. The molecular weight excluding hydrogens is 166 g/mol. The van der Waals surface area contributed by atoms with Crippen molar-refractivity contribution in [2.75, 3.05) is 21.3 Å². The van der Waals surface area contributed by atoms with E-state index >= 15 is 0 Å². The van der Waals surface area contributed by atoms with Crippen LogP contribution in [0.4, 0.5) is 0 Å². The summed E-state index contributed by atoms with van der Waals surface area (Å²) in [5.74, 6) is 1.65. The largest absolute Gasteiger partial charge is 0.497 e. The molecule has 0 aliphatic heterocycles. The Morgan fingerprint density at radius 3 is 2.00 bits per heavy atom. The molecule has 1 rings (SSSR count). The van der Waals surface area contributed by atoms with Crippen LogP contribution in [0.2, 0.25) is 0 Å². The second-order valence-electron chi connectivity index (χ2n) is 2.75. The number of hydrogen-bond acceptors (Lipinski definition) is 3. The lowest BCUT2D eigenvalue weighted by Crippen LogP contribution is -2.05. The number of methoxy groups -OCH3 is 2. The van der Waals surface area contributed by atoms with Crippen LogP contribution in [-0.4, -0.2) is 21.3 Å². The van der Waals surface area contributed by atoms with Gasteiger partial charge in [-0.3, -0.25) is 0 Å². The Bertz CT molecular complexity index is 251. The first-order chi connectivity index (χ1) is 6.30. The van der Waals surface area contributed by atoms with E-state index < -0.39 is 0 Å². The molecule has 0 unspecified atom stereocenters. The predicted octanol–water partition coefficient (Wildman–Crippen LogP) is 1.42. The summed E-state index contributed by atoms with van der Waals surface area (Å²) in [5.41, 5.74) is 1.15. The highest BCUT2D eigenvalue weighted by molar-refractivity contribution is 5.38. The van der Waals surface area contributed by atoms with E-state index in [0.717, 1.165) is 23.6 Å². The summed E-state index contributed by atoms with van der Waals surface area (Å²) in [5, 5.41) is 3.08. The van der Waals surface area contributed by atoms with Gasteiger partial charge in [0, 0.05) is 12.6 Å². The Labute approximate surface area is 78.7 Å². The van der Waals surface area contributed by atoms with E-state index in [1.165, 1.54) is 0 Å². The summed E-state index contributed by atoms with van der Waals surface area (Å²) < 4.78 is 10.3. The van der Waals surface area contributed by atoms with E-state index in [1.807, 2.05) is 25.2 Å². The molecule has 0 fully saturated rings. The zero-order valence-corrected chi connectivity index (χ0v) is 8.26. The molecule has 0 atom stereocenters. The average Bonchev–Trinajstić information content (AvgIpc) is 2.17. The summed E-state index contributed by atoms with van der Waals surface area (Å²) in [7, 11) is 5.21. The SMILES string of the molecule is CNCc1cc(OC)cc(OC)c1. The maximum absolute atomic E-state index is 5.14. The number of benzene rings is 1. The van der Waals surface area contributed by atoms with Crippen molar-refractivity contribution in [1.29, 1.82) is 0 Å². The third kappa shape index (κ3) is 2.63. The van der Waals surface area contributed by atoms with Crippen molar-refractivity contribution in [3.8, 4) is 11.5 Å². The molecule has 1 aromatic carbocycles. The minimum absolute atomic E-state index is 0.813. The first-order valence-electron chi connectivity index (χ1n) is 4.16. The zero-order chi connectivity index (χ0) is 9.68. The minimum atomic E-state index is 0.813. The predicted molar refractivity (Wildman–Crippen MR) is 52.3 cm³/mol. The maximum Gasteiger partial charge on any atom is 0.122 e. The molecule has 0 aliphatic rings. The Morgan fingerprint density at radius 1 is 1.08 bits per heavy atom. The van der Waals surface area contributed by atoms with Crippen LogP contribution in [0.15, 0.2) is 18.2 Å². The van der Waals surface area contributed by atoms with Gasteiger partial charge < -0.3 is 14.8 Å². The van der Waals surface area contributed by atoms with Gasteiger partial charge in [0.25, 0.3) is 0 Å². The highest BCUT2D eigenvalue weighted by Gasteiger charge is 2.00. The molecule has 0 heterocycles. The molecule has 13 heavy (non-hydrogen) atoms. The van der Waals surface area contributed by atoms with E-state index in [-0.39, 0.29) is 0 Å². The van der Waals surface area contributed by atoms with Crippen molar-refractivity contribution in [2.24, 2.45) is 0 Å². The van der Waals surface area contributed by atoms with E-state index in [2.05, 4.69) is 5.32 Å². The fourth-order valence-corrected chi connectivity index (χ4v) is 1.17. The Kier molecular flexibility index (Phi) is 3.58. The van der Waals surface area contributed by atoms with E-state index in [9.17, 15) is 0 Å². The fraction of sp³-hybridized carbons (Fsp3) is 0.400. The first-order valence-corrected chi connectivity index (χ1v) is 4.16. The highest BCUT2D eigenvalue weighted by atomic mass is 16.5. The lowest BCUT2D eigenvalue weighted by Gasteiger charge is -2.07. The van der Waals surface area contributed by atoms with Gasteiger partial charge in [-0.05, 0) is 24.7 Å². The van der Waals surface area contributed by atoms with Gasteiger partial charge in [0.15, 0.2) is 0 Å². The summed E-state index contributed by atoms with van der Waals surface area (Å²) in [6.45, 7) is 0.813. The van der Waals surface area contributed by atoms with Crippen LogP contribution < -0.4 is 14.8 Å². The minimum Gasteiger partial charge on any atom is -0.497 e. The van der Waals surface area contributed by atoms with Crippen LogP contribution in [-0.2, 0) is 6.54 Å². The van der Waals surface area contributed by atoms with Gasteiger partial charge in [-0.15, -0.1) is 0 Å². The zero-order valence-electron chi connectivity index (χ0n) is 8.26. The quantitative estimate of drug-likeness (QED) is 0.762. The molecule has 0 bridgehead atoms. The number of rotatable bonds is 4. The van der Waals surface area contributed by atoms with Crippen LogP contribution in [0.25, 0.3) is 0 Å². The fourth-order valence-electron chi connectivity index (χ4n) is 1.17. The van der Waals surface area contributed by atoms with Crippen molar-refractivity contribution in [3.05, 3.63) is 23.8 Å². The van der Waals surface area contributed by atoms with Crippen molar-refractivity contribution in [2.45, 2.75) is 6.54 Å². The molecule has 3 heteroatoms. The molecule has 3 nitrogen and oxygen atoms in total. The molecule has 0 radical (unpaired) electrons. The topological polar surface area (TPSA) is 30.5 Å². The second kappa shape index (κ2) is 4.72. The van der Waals surface area contributed by atoms with Gasteiger partial charge >= 0.3 is 0 Å². The first kappa shape index (κ1) is 9.86. The Balaban J connectivity index is 2.93. The van der Waals surface area contributed by atoms with E-state index in [0.29, 0.717) is 0 Å². The van der Waals surface area contributed by atoms with Gasteiger partial charge in [0.2, 0.25) is 0 Å². The monoisotopic (exact) mass is 181 g/mol. The van der Waals surface area contributed by atoms with Crippen LogP contribution in [0.5, 0.6) is 11.5 Å². The van der Waals surface area contributed by atoms with Crippen LogP contribution in [0.1, 0.15) is 5.56 Å². The van der Waals surface area contributed by atoms with Crippen LogP contribution in [0, 0.1) is 0 Å². The molecule has 1 N–H and O–H groups in total. The number of nitrogens with one attached hydrogen (secondary N) is 1. The van der Waals surface area contributed by atoms with Crippen LogP contribution >= 0.6 is 0 Å². The molecule has 0 saturated heterocycles. The van der Waals surface area contributed by atoms with Gasteiger partial charge in [-0.2, -0.15) is 0 Å². The summed E-state index contributed by atoms with van der Waals surface area (Å²) in [6.07, 6.45) is 0. The summed E-state index contributed by atoms with van der Waals surface area (Å²) >= 11 is 0. The summed E-state index contributed by atoms with van der Waals surface area (Å²) in [4.78, 5) is 0. The third-order valence-electron chi connectivity index (χ3n) is 1.79. The Morgan fingerprint density at radius 2 is 1.62 bits per heavy atom. The van der Waals surface area contributed by atoms with Gasteiger partial charge in [0.05, 0.1) is 14.2 Å². The molecule has 0 spiro atoms. The third-order valence-corrected chi connectivity index (χ3v) is 1.79. The van der Waals surface area contributed by atoms with E-state index in [1.54, 1.807) is 14.2 Å². The second-order valence-corrected chi connectivity index (χ2v) is 2.75. The lowest BCUT2D eigenvalue weighted by molar-refractivity contribution is 0.393. The van der Waals surface area contributed by atoms with Crippen molar-refractivity contribution >= 4 is 0 Å². The molecule has 0 aliphatic carbocycles. The van der Waals surface area contributed by atoms with Crippen molar-refractivity contribution in [1.82, 2.24) is 5.32 Å². The molecule has 1 aromatic rings. The lowest BCUT2D eigenvalue weighted by atomic mass is 10.2. The maximum atomic E-state index is 5.14. The molecule has 0 amide bonds. The Hall–Kier alpha value is -1.22. The van der Waals surface area contributed by atoms with Gasteiger partial charge in [-0.1, -0.05) is 0 Å². The molecular formula is C10H15NO2. The van der Waals surface area contributed by atoms with Gasteiger partial charge in [0.1, 0.15) is 11.5 Å². The number of hydrogen-bond donors (Lipinski definition) is 1. The van der Waals surface area contributed by atoms with Crippen molar-refractivity contribution < 1.29 is 9.47 Å². The standard InChI is InChI=1S/C10H15NO2/c1-11-7-8-4-9(12-2)6-10(5-8)13-3/h4-6,11H,7H2,1-3H3. The highest BCUT2D eigenvalue weighted by Crippen LogP contribution is 2.22. The smallest absolute Gasteiger partial charge is 0.122 e. The molecule has 0 saturated carbocycles. The average molecular weight is 181 g/mol. The summed E-state index contributed by atoms with van der Waals surface area (Å²) in [6, 6.07) is 5.83. The van der Waals surface area contributed by atoms with Crippen LogP contribution in [0.3, 0.4) is 0 Å². The molecule has 72 valence electrons. The van der Waals surface area contributed by atoms with E-state index in [4.69, 9.17) is 9.47 Å². The van der Waals surface area contributed by atoms with Gasteiger partial charge in [-0.25, -0.2) is 0 Å². The van der Waals surface area contributed by atoms with Crippen molar-refractivity contribution in [3.63, 3.8) is 0 Å².